The van der Waals surface area contributed by atoms with Crippen molar-refractivity contribution in [3.8, 4) is 17.3 Å². The van der Waals surface area contributed by atoms with E-state index in [-0.39, 0.29) is 18.1 Å². The van der Waals surface area contributed by atoms with Crippen molar-refractivity contribution < 1.29 is 13.9 Å². The molecule has 7 nitrogen and oxygen atoms in total. The molecular formula is C23H22FN5O2. The first kappa shape index (κ1) is 19.5. The fraction of sp³-hybridized carbons (Fsp3) is 0.348. The number of nitrogens with zero attached hydrogens (tertiary/aromatic N) is 5. The highest BCUT2D eigenvalue weighted by molar-refractivity contribution is 5.98. The Bertz CT molecular complexity index is 1110. The van der Waals surface area contributed by atoms with E-state index in [2.05, 4.69) is 19.9 Å². The van der Waals surface area contributed by atoms with Crippen LogP contribution in [0.4, 0.5) is 4.39 Å². The second-order valence-electron chi connectivity index (χ2n) is 8.14. The molecule has 1 saturated carbocycles. The largest absolute Gasteiger partial charge is 0.472 e. The summed E-state index contributed by atoms with van der Waals surface area (Å²) in [6, 6.07) is 6.80. The number of carbonyl (C=O) groups is 1. The van der Waals surface area contributed by atoms with Crippen molar-refractivity contribution in [3.05, 3.63) is 65.9 Å². The molecule has 0 N–H and O–H groups in total. The lowest BCUT2D eigenvalue weighted by Crippen LogP contribution is -2.47. The minimum atomic E-state index is -0.566. The zero-order chi connectivity index (χ0) is 21.4. The quantitative estimate of drug-likeness (QED) is 0.631. The highest BCUT2D eigenvalue weighted by atomic mass is 19.1. The van der Waals surface area contributed by atoms with Crippen LogP contribution in [-0.4, -0.2) is 49.4 Å². The van der Waals surface area contributed by atoms with E-state index < -0.39 is 6.67 Å². The Morgan fingerprint density at radius 1 is 1.16 bits per heavy atom. The van der Waals surface area contributed by atoms with Gasteiger partial charge in [0.05, 0.1) is 11.6 Å². The molecule has 158 valence electrons. The van der Waals surface area contributed by atoms with Crippen molar-refractivity contribution >= 4 is 5.91 Å². The molecule has 0 aromatic carbocycles. The first-order valence-electron chi connectivity index (χ1n) is 10.3. The summed E-state index contributed by atoms with van der Waals surface area (Å²) in [5.74, 6) is 1.09. The summed E-state index contributed by atoms with van der Waals surface area (Å²) in [6.45, 7) is 2.03. The molecule has 4 heterocycles. The lowest BCUT2D eigenvalue weighted by molar-refractivity contribution is 0.0462. The molecule has 2 fully saturated rings. The standard InChI is InChI=1S/C23H22FN5O2/c1-14-7-17(22-26-4-2-5-27-22)21(28-12-14)23(30)29-13-16-8-18(29)19(9-16)31-20-10-15(11-24)3-6-25-20/h2-7,10,12,16,18-19H,8-9,11,13H2,1H3. The highest BCUT2D eigenvalue weighted by Gasteiger charge is 2.49. The number of alkyl halides is 1. The smallest absolute Gasteiger partial charge is 0.273 e. The number of halogens is 1. The third-order valence-corrected chi connectivity index (χ3v) is 5.95. The first-order valence-corrected chi connectivity index (χ1v) is 10.3. The molecule has 3 unspecified atom stereocenters. The summed E-state index contributed by atoms with van der Waals surface area (Å²) in [7, 11) is 0. The van der Waals surface area contributed by atoms with Gasteiger partial charge in [-0.15, -0.1) is 0 Å². The van der Waals surface area contributed by atoms with Gasteiger partial charge in [0, 0.05) is 37.4 Å². The van der Waals surface area contributed by atoms with Crippen molar-refractivity contribution in [2.24, 2.45) is 5.92 Å². The van der Waals surface area contributed by atoms with Crippen molar-refractivity contribution in [1.29, 1.82) is 0 Å². The first-order chi connectivity index (χ1) is 15.1. The van der Waals surface area contributed by atoms with Gasteiger partial charge in [-0.1, -0.05) is 0 Å². The third-order valence-electron chi connectivity index (χ3n) is 5.95. The number of piperidine rings is 1. The number of aromatic nitrogens is 4. The van der Waals surface area contributed by atoms with Gasteiger partial charge in [-0.25, -0.2) is 19.3 Å². The van der Waals surface area contributed by atoms with Gasteiger partial charge in [-0.3, -0.25) is 9.78 Å². The van der Waals surface area contributed by atoms with Crippen molar-refractivity contribution in [2.45, 2.75) is 38.6 Å². The predicted molar refractivity (Wildman–Crippen MR) is 111 cm³/mol. The summed E-state index contributed by atoms with van der Waals surface area (Å²) in [4.78, 5) is 32.6. The van der Waals surface area contributed by atoms with Crippen molar-refractivity contribution in [2.75, 3.05) is 6.54 Å². The number of hydrogen-bond donors (Lipinski definition) is 0. The third kappa shape index (κ3) is 3.73. The van der Waals surface area contributed by atoms with Crippen LogP contribution in [0.3, 0.4) is 0 Å². The number of likely N-dealkylation sites (tertiary alicyclic amines) is 1. The molecule has 8 heteroatoms. The molecule has 1 aliphatic carbocycles. The maximum Gasteiger partial charge on any atom is 0.273 e. The Hall–Kier alpha value is -3.42. The van der Waals surface area contributed by atoms with Crippen LogP contribution in [-0.2, 0) is 6.67 Å². The zero-order valence-electron chi connectivity index (χ0n) is 17.1. The number of ether oxygens (including phenoxy) is 1. The molecule has 3 atom stereocenters. The maximum absolute atomic E-state index is 13.5. The van der Waals surface area contributed by atoms with Crippen molar-refractivity contribution in [3.63, 3.8) is 0 Å². The van der Waals surface area contributed by atoms with Crippen LogP contribution >= 0.6 is 0 Å². The molecule has 2 bridgehead atoms. The molecule has 0 radical (unpaired) electrons. The van der Waals surface area contributed by atoms with Gasteiger partial charge in [-0.2, -0.15) is 0 Å². The number of rotatable bonds is 5. The van der Waals surface area contributed by atoms with E-state index in [1.54, 1.807) is 43.0 Å². The molecular weight excluding hydrogens is 397 g/mol. The Morgan fingerprint density at radius 2 is 2.00 bits per heavy atom. The molecule has 0 spiro atoms. The number of aryl methyl sites for hydroxylation is 1. The lowest BCUT2D eigenvalue weighted by Gasteiger charge is -2.33. The average molecular weight is 419 g/mol. The minimum Gasteiger partial charge on any atom is -0.472 e. The molecule has 2 aliphatic rings. The Morgan fingerprint density at radius 3 is 2.77 bits per heavy atom. The van der Waals surface area contributed by atoms with Gasteiger partial charge in [0.1, 0.15) is 18.5 Å². The molecule has 31 heavy (non-hydrogen) atoms. The molecule has 1 amide bonds. The summed E-state index contributed by atoms with van der Waals surface area (Å²) in [6.07, 6.45) is 8.09. The van der Waals surface area contributed by atoms with E-state index in [0.29, 0.717) is 41.0 Å². The van der Waals surface area contributed by atoms with Crippen LogP contribution in [0, 0.1) is 12.8 Å². The topological polar surface area (TPSA) is 81.1 Å². The van der Waals surface area contributed by atoms with E-state index in [0.717, 1.165) is 18.4 Å². The van der Waals surface area contributed by atoms with E-state index in [1.807, 2.05) is 17.9 Å². The number of fused-ring (bicyclic) bond motifs is 2. The van der Waals surface area contributed by atoms with Crippen LogP contribution in [0.1, 0.15) is 34.5 Å². The molecule has 5 rings (SSSR count). The molecule has 3 aromatic rings. The van der Waals surface area contributed by atoms with E-state index in [1.165, 1.54) is 0 Å². The Labute approximate surface area is 179 Å². The summed E-state index contributed by atoms with van der Waals surface area (Å²) in [5.41, 5.74) is 2.43. The fourth-order valence-corrected chi connectivity index (χ4v) is 4.56. The fourth-order valence-electron chi connectivity index (χ4n) is 4.56. The van der Waals surface area contributed by atoms with Crippen LogP contribution in [0.15, 0.2) is 49.1 Å². The number of amides is 1. The Kier molecular flexibility index (Phi) is 5.05. The van der Waals surface area contributed by atoms with Crippen LogP contribution < -0.4 is 4.74 Å². The molecule has 3 aromatic heterocycles. The minimum absolute atomic E-state index is 0.0685. The summed E-state index contributed by atoms with van der Waals surface area (Å²) < 4.78 is 19.1. The SMILES string of the molecule is Cc1cnc(C(=O)N2CC3CC(Oc4cc(CF)ccn4)C2C3)c(-c2ncccn2)c1. The van der Waals surface area contributed by atoms with Gasteiger partial charge in [0.15, 0.2) is 5.82 Å². The average Bonchev–Trinajstić information content (AvgIpc) is 3.40. The lowest BCUT2D eigenvalue weighted by atomic mass is 10.1. The highest BCUT2D eigenvalue weighted by Crippen LogP contribution is 2.40. The van der Waals surface area contributed by atoms with Gasteiger partial charge in [-0.05, 0) is 55.0 Å². The summed E-state index contributed by atoms with van der Waals surface area (Å²) >= 11 is 0. The van der Waals surface area contributed by atoms with E-state index >= 15 is 0 Å². The van der Waals surface area contributed by atoms with E-state index in [4.69, 9.17) is 4.74 Å². The predicted octanol–water partition coefficient (Wildman–Crippen LogP) is 3.39. The molecule has 1 aliphatic heterocycles. The summed E-state index contributed by atoms with van der Waals surface area (Å²) in [5, 5.41) is 0. The number of hydrogen-bond acceptors (Lipinski definition) is 6. The molecule has 1 saturated heterocycles. The zero-order valence-corrected chi connectivity index (χ0v) is 17.1. The monoisotopic (exact) mass is 419 g/mol. The van der Waals surface area contributed by atoms with Gasteiger partial charge in [0.2, 0.25) is 5.88 Å². The second kappa shape index (κ2) is 8.02. The second-order valence-corrected chi connectivity index (χ2v) is 8.14. The van der Waals surface area contributed by atoms with Gasteiger partial charge >= 0.3 is 0 Å². The van der Waals surface area contributed by atoms with Gasteiger partial charge < -0.3 is 9.64 Å². The van der Waals surface area contributed by atoms with Crippen LogP contribution in [0.5, 0.6) is 5.88 Å². The van der Waals surface area contributed by atoms with Crippen LogP contribution in [0.2, 0.25) is 0 Å². The maximum atomic E-state index is 13.5. The number of carbonyl (C=O) groups excluding carboxylic acids is 1. The Balaban J connectivity index is 1.41. The van der Waals surface area contributed by atoms with E-state index in [9.17, 15) is 9.18 Å². The number of pyridine rings is 2. The normalized spacial score (nSPS) is 22.0. The van der Waals surface area contributed by atoms with Crippen molar-refractivity contribution in [1.82, 2.24) is 24.8 Å². The van der Waals surface area contributed by atoms with Crippen LogP contribution in [0.25, 0.3) is 11.4 Å². The van der Waals surface area contributed by atoms with Gasteiger partial charge in [0.25, 0.3) is 5.91 Å².